The summed E-state index contributed by atoms with van der Waals surface area (Å²) in [4.78, 5) is 13.0. The minimum atomic E-state index is -1.08. The van der Waals surface area contributed by atoms with Crippen molar-refractivity contribution in [2.24, 2.45) is 0 Å². The summed E-state index contributed by atoms with van der Waals surface area (Å²) in [6, 6.07) is 2.10. The lowest BCUT2D eigenvalue weighted by atomic mass is 10.1. The van der Waals surface area contributed by atoms with Gasteiger partial charge in [-0.1, -0.05) is 49.8 Å². The van der Waals surface area contributed by atoms with Gasteiger partial charge in [-0.3, -0.25) is 0 Å². The van der Waals surface area contributed by atoms with E-state index in [0.717, 1.165) is 21.9 Å². The summed E-state index contributed by atoms with van der Waals surface area (Å²) >= 11 is 13.1. The Labute approximate surface area is 195 Å². The fourth-order valence-electron chi connectivity index (χ4n) is 2.32. The predicted molar refractivity (Wildman–Crippen MR) is 130 cm³/mol. The topological polar surface area (TPSA) is 67.8 Å². The molecule has 0 fully saturated rings. The zero-order valence-corrected chi connectivity index (χ0v) is 21.3. The van der Waals surface area contributed by atoms with E-state index < -0.39 is 17.9 Å². The first-order chi connectivity index (χ1) is 14.1. The minimum Gasteiger partial charge on any atom is -0.479 e. The van der Waals surface area contributed by atoms with Crippen LogP contribution in [0.5, 0.6) is 0 Å². The van der Waals surface area contributed by atoms with Crippen molar-refractivity contribution in [3.8, 4) is 0 Å². The van der Waals surface area contributed by atoms with Gasteiger partial charge in [0.05, 0.1) is 4.99 Å². The van der Waals surface area contributed by atoms with Crippen molar-refractivity contribution in [3.05, 3.63) is 44.6 Å². The molecule has 170 valence electrons. The van der Waals surface area contributed by atoms with E-state index in [1.807, 2.05) is 39.8 Å². The maximum Gasteiger partial charge on any atom is 0.333 e. The van der Waals surface area contributed by atoms with Crippen LogP contribution in [0.25, 0.3) is 0 Å². The zero-order chi connectivity index (χ0) is 23.3. The number of allylic oxidation sites excluding steroid dienone is 4. The zero-order valence-electron chi connectivity index (χ0n) is 18.9. The average Bonchev–Trinajstić information content (AvgIpc) is 3.14. The largest absolute Gasteiger partial charge is 0.479 e. The Morgan fingerprint density at radius 2 is 2.07 bits per heavy atom. The maximum atomic E-state index is 11.4. The normalized spacial score (nSPS) is 13.3. The minimum absolute atomic E-state index is 0.0787. The highest BCUT2D eigenvalue weighted by Crippen LogP contribution is 2.21. The molecule has 30 heavy (non-hydrogen) atoms. The number of methoxy groups -OCH3 is 1. The Hall–Kier alpha value is -1.25. The molecule has 0 aliphatic carbocycles. The second kappa shape index (κ2) is 14.7. The average molecular weight is 476 g/mol. The van der Waals surface area contributed by atoms with Crippen LogP contribution in [0, 0.1) is 0 Å². The third-order valence-electron chi connectivity index (χ3n) is 3.94. The fourth-order valence-corrected chi connectivity index (χ4v) is 3.51. The molecular formula is C22H34ClNO4S2. The number of carboxylic acids is 1. The maximum absolute atomic E-state index is 11.4. The highest BCUT2D eigenvalue weighted by Gasteiger charge is 2.29. The van der Waals surface area contributed by atoms with Crippen LogP contribution in [-0.4, -0.2) is 35.1 Å². The Morgan fingerprint density at radius 3 is 2.57 bits per heavy atom. The summed E-state index contributed by atoms with van der Waals surface area (Å²) in [5, 5.41) is 15.3. The fraction of sp³-hybridized carbons (Fsp3) is 0.545. The molecule has 5 nitrogen and oxygen atoms in total. The number of halogens is 1. The van der Waals surface area contributed by atoms with Gasteiger partial charge in [0.15, 0.2) is 11.9 Å². The lowest BCUT2D eigenvalue weighted by Crippen LogP contribution is -2.39. The third-order valence-corrected chi connectivity index (χ3v) is 5.48. The highest BCUT2D eigenvalue weighted by molar-refractivity contribution is 7.80. The van der Waals surface area contributed by atoms with E-state index in [9.17, 15) is 9.90 Å². The van der Waals surface area contributed by atoms with Gasteiger partial charge >= 0.3 is 5.97 Å². The number of rotatable bonds is 11. The molecule has 1 heterocycles. The van der Waals surface area contributed by atoms with E-state index in [0.29, 0.717) is 11.5 Å². The molecule has 2 N–H and O–H groups in total. The monoisotopic (exact) mass is 475 g/mol. The van der Waals surface area contributed by atoms with Crippen molar-refractivity contribution in [2.75, 3.05) is 7.11 Å². The quantitative estimate of drug-likeness (QED) is 0.230. The molecule has 1 atom stereocenters. The van der Waals surface area contributed by atoms with Crippen molar-refractivity contribution < 1.29 is 19.4 Å². The van der Waals surface area contributed by atoms with Gasteiger partial charge < -0.3 is 19.9 Å². The van der Waals surface area contributed by atoms with Crippen LogP contribution >= 0.6 is 35.2 Å². The van der Waals surface area contributed by atoms with Crippen LogP contribution in [-0.2, 0) is 27.2 Å². The summed E-state index contributed by atoms with van der Waals surface area (Å²) in [6.07, 6.45) is 3.76. The van der Waals surface area contributed by atoms with Crippen LogP contribution in [0.15, 0.2) is 34.2 Å². The van der Waals surface area contributed by atoms with Gasteiger partial charge in [0.2, 0.25) is 0 Å². The highest BCUT2D eigenvalue weighted by atomic mass is 35.5. The molecule has 0 amide bonds. The molecule has 1 aromatic heterocycles. The van der Waals surface area contributed by atoms with Crippen LogP contribution in [0.3, 0.4) is 0 Å². The molecule has 0 saturated carbocycles. The molecule has 0 aliphatic rings. The molecule has 1 rings (SSSR count). The van der Waals surface area contributed by atoms with E-state index in [-0.39, 0.29) is 6.42 Å². The van der Waals surface area contributed by atoms with Crippen molar-refractivity contribution in [1.82, 2.24) is 5.32 Å². The summed E-state index contributed by atoms with van der Waals surface area (Å²) in [5.41, 5.74) is 2.26. The van der Waals surface area contributed by atoms with Crippen LogP contribution < -0.4 is 5.32 Å². The van der Waals surface area contributed by atoms with Crippen LogP contribution in [0.4, 0.5) is 0 Å². The predicted octanol–water partition coefficient (Wildman–Crippen LogP) is 6.07. The Bertz CT molecular complexity index is 737. The number of aliphatic carboxylic acids is 1. The number of carbonyl (C=O) groups is 1. The van der Waals surface area contributed by atoms with E-state index in [1.54, 1.807) is 25.2 Å². The van der Waals surface area contributed by atoms with Crippen molar-refractivity contribution in [1.29, 1.82) is 0 Å². The molecule has 0 aromatic carbocycles. The molecule has 1 aromatic rings. The van der Waals surface area contributed by atoms with Gasteiger partial charge in [-0.25, -0.2) is 4.79 Å². The number of ether oxygens (including phenoxy) is 2. The van der Waals surface area contributed by atoms with Gasteiger partial charge in [0.25, 0.3) is 0 Å². The Morgan fingerprint density at radius 1 is 1.43 bits per heavy atom. The molecule has 0 spiro atoms. The number of thiocarbonyl (C=S) groups is 1. The first kappa shape index (κ1) is 28.8. The smallest absolute Gasteiger partial charge is 0.333 e. The van der Waals surface area contributed by atoms with Crippen molar-refractivity contribution in [3.63, 3.8) is 0 Å². The lowest BCUT2D eigenvalue weighted by molar-refractivity contribution is -0.227. The first-order valence-corrected chi connectivity index (χ1v) is 11.5. The molecular weight excluding hydrogens is 442 g/mol. The number of carboxylic acid groups (broad SMARTS) is 1. The number of nitrogens with one attached hydrogen (secondary N) is 1. The lowest BCUT2D eigenvalue weighted by Gasteiger charge is -2.27. The Balaban J connectivity index is 0.00000407. The summed E-state index contributed by atoms with van der Waals surface area (Å²) < 4.78 is 10.6. The number of thiophene rings is 1. The molecule has 0 unspecified atom stereocenters. The van der Waals surface area contributed by atoms with E-state index in [2.05, 4.69) is 16.8 Å². The van der Waals surface area contributed by atoms with Crippen LogP contribution in [0.1, 0.15) is 58.4 Å². The molecule has 8 heteroatoms. The van der Waals surface area contributed by atoms with Crippen molar-refractivity contribution in [2.45, 2.75) is 72.8 Å². The Kier molecular flexibility index (Phi) is 14.1. The van der Waals surface area contributed by atoms with Gasteiger partial charge in [0, 0.05) is 30.0 Å². The molecule has 0 radical (unpaired) electrons. The summed E-state index contributed by atoms with van der Waals surface area (Å²) in [7, 11) is 1.46. The number of hydrogen-bond acceptors (Lipinski definition) is 5. The van der Waals surface area contributed by atoms with E-state index in [4.69, 9.17) is 33.3 Å². The summed E-state index contributed by atoms with van der Waals surface area (Å²) in [5.74, 6) is -2.08. The molecule has 0 aliphatic heterocycles. The standard InChI is InChI=1S/C20H28ClNO4S2.C2H6/c1-6-7-15(13(2)21)8-14-9-16(28-12-14)11-22-18(27)10-17(19(23)24)26-20(3,4)25-5;1-2/h6-7,9,12,17H,8,10-11H2,1-5H3,(H,22,27)(H,23,24);1-2H3/b7-6-,15-13-;/t17-;/m1./s1. The number of hydrogen-bond donors (Lipinski definition) is 2. The van der Waals surface area contributed by atoms with Gasteiger partial charge in [0.1, 0.15) is 0 Å². The van der Waals surface area contributed by atoms with Crippen LogP contribution in [0.2, 0.25) is 0 Å². The molecule has 0 saturated heterocycles. The van der Waals surface area contributed by atoms with E-state index in [1.165, 1.54) is 12.7 Å². The van der Waals surface area contributed by atoms with Crippen molar-refractivity contribution >= 4 is 46.1 Å². The van der Waals surface area contributed by atoms with E-state index >= 15 is 0 Å². The first-order valence-electron chi connectivity index (χ1n) is 9.84. The molecule has 0 bridgehead atoms. The second-order valence-electron chi connectivity index (χ2n) is 6.69. The van der Waals surface area contributed by atoms with Gasteiger partial charge in [-0.05, 0) is 56.7 Å². The summed E-state index contributed by atoms with van der Waals surface area (Å²) in [6.45, 7) is 11.7. The van der Waals surface area contributed by atoms with Gasteiger partial charge in [-0.15, -0.1) is 11.3 Å². The third kappa shape index (κ3) is 11.2. The second-order valence-corrected chi connectivity index (χ2v) is 8.74. The van der Waals surface area contributed by atoms with Gasteiger partial charge in [-0.2, -0.15) is 0 Å². The SMILES string of the molecule is C/C=C\C(Cc1csc(CNC(=S)C[C@@H](OC(C)(C)OC)C(=O)O)c1)=C(/C)Cl.CC.